The standard InChI is InChI=1S/C17H26ClN3/c1-2-19-8-6-16(7-9-19)20-10-12-21(13-11-20)17-5-3-4-15(18)14-17/h3-5,14,16H,2,6-13H2,1H3. The molecule has 3 rings (SSSR count). The zero-order valence-corrected chi connectivity index (χ0v) is 13.7. The average molecular weight is 308 g/mol. The van der Waals surface area contributed by atoms with Gasteiger partial charge in [0.05, 0.1) is 0 Å². The van der Waals surface area contributed by atoms with Crippen molar-refractivity contribution < 1.29 is 0 Å². The summed E-state index contributed by atoms with van der Waals surface area (Å²) >= 11 is 6.10. The maximum atomic E-state index is 6.10. The Morgan fingerprint density at radius 2 is 1.76 bits per heavy atom. The number of benzene rings is 1. The fourth-order valence-electron chi connectivity index (χ4n) is 3.62. The van der Waals surface area contributed by atoms with Gasteiger partial charge in [-0.1, -0.05) is 24.6 Å². The Bertz CT molecular complexity index is 449. The molecule has 0 aromatic heterocycles. The first-order valence-electron chi connectivity index (χ1n) is 8.23. The quantitative estimate of drug-likeness (QED) is 0.850. The first-order valence-corrected chi connectivity index (χ1v) is 8.61. The molecule has 2 aliphatic rings. The van der Waals surface area contributed by atoms with E-state index < -0.39 is 0 Å². The molecule has 0 spiro atoms. The summed E-state index contributed by atoms with van der Waals surface area (Å²) in [6, 6.07) is 9.04. The van der Waals surface area contributed by atoms with Crippen LogP contribution in [0.15, 0.2) is 24.3 Å². The van der Waals surface area contributed by atoms with E-state index in [1.54, 1.807) is 0 Å². The highest BCUT2D eigenvalue weighted by molar-refractivity contribution is 6.30. The van der Waals surface area contributed by atoms with Gasteiger partial charge >= 0.3 is 0 Å². The van der Waals surface area contributed by atoms with Crippen LogP contribution in [0.25, 0.3) is 0 Å². The van der Waals surface area contributed by atoms with Gasteiger partial charge in [0.25, 0.3) is 0 Å². The molecule has 21 heavy (non-hydrogen) atoms. The third kappa shape index (κ3) is 3.71. The summed E-state index contributed by atoms with van der Waals surface area (Å²) in [5.41, 5.74) is 1.27. The second-order valence-electron chi connectivity index (χ2n) is 6.17. The summed E-state index contributed by atoms with van der Waals surface area (Å²) in [6.45, 7) is 10.6. The van der Waals surface area contributed by atoms with E-state index in [0.717, 1.165) is 24.2 Å². The van der Waals surface area contributed by atoms with Gasteiger partial charge in [-0.3, -0.25) is 4.90 Å². The number of piperidine rings is 1. The molecule has 0 radical (unpaired) electrons. The molecule has 0 aliphatic carbocycles. The van der Waals surface area contributed by atoms with Gasteiger partial charge in [-0.05, 0) is 50.7 Å². The predicted molar refractivity (Wildman–Crippen MR) is 90.4 cm³/mol. The van der Waals surface area contributed by atoms with Crippen molar-refractivity contribution >= 4 is 17.3 Å². The van der Waals surface area contributed by atoms with Gasteiger partial charge in [0.1, 0.15) is 0 Å². The second kappa shape index (κ2) is 6.99. The molecule has 0 amide bonds. The minimum atomic E-state index is 0.800. The van der Waals surface area contributed by atoms with Crippen LogP contribution in [0.5, 0.6) is 0 Å². The van der Waals surface area contributed by atoms with Gasteiger partial charge in [-0.25, -0.2) is 0 Å². The number of rotatable bonds is 3. The normalized spacial score (nSPS) is 22.7. The largest absolute Gasteiger partial charge is 0.369 e. The number of halogens is 1. The summed E-state index contributed by atoms with van der Waals surface area (Å²) in [4.78, 5) is 7.73. The van der Waals surface area contributed by atoms with Gasteiger partial charge in [0.2, 0.25) is 0 Å². The molecule has 116 valence electrons. The van der Waals surface area contributed by atoms with E-state index in [-0.39, 0.29) is 0 Å². The molecule has 0 bridgehead atoms. The lowest BCUT2D eigenvalue weighted by Gasteiger charge is -2.43. The van der Waals surface area contributed by atoms with Crippen LogP contribution in [0.2, 0.25) is 5.02 Å². The number of likely N-dealkylation sites (tertiary alicyclic amines) is 1. The van der Waals surface area contributed by atoms with Crippen LogP contribution in [0.4, 0.5) is 5.69 Å². The minimum absolute atomic E-state index is 0.800. The molecule has 3 nitrogen and oxygen atoms in total. The van der Waals surface area contributed by atoms with E-state index in [4.69, 9.17) is 11.6 Å². The van der Waals surface area contributed by atoms with E-state index in [2.05, 4.69) is 33.8 Å². The van der Waals surface area contributed by atoms with Crippen LogP contribution in [0, 0.1) is 0 Å². The number of anilines is 1. The maximum absolute atomic E-state index is 6.10. The van der Waals surface area contributed by atoms with E-state index in [9.17, 15) is 0 Å². The summed E-state index contributed by atoms with van der Waals surface area (Å²) in [5.74, 6) is 0. The van der Waals surface area contributed by atoms with Crippen molar-refractivity contribution in [1.82, 2.24) is 9.80 Å². The van der Waals surface area contributed by atoms with Crippen molar-refractivity contribution in [3.63, 3.8) is 0 Å². The Balaban J connectivity index is 1.51. The molecular weight excluding hydrogens is 282 g/mol. The van der Waals surface area contributed by atoms with E-state index >= 15 is 0 Å². The summed E-state index contributed by atoms with van der Waals surface area (Å²) in [5, 5.41) is 0.835. The van der Waals surface area contributed by atoms with Crippen LogP contribution < -0.4 is 4.90 Å². The first kappa shape index (κ1) is 15.1. The van der Waals surface area contributed by atoms with Crippen LogP contribution in [-0.4, -0.2) is 61.7 Å². The third-order valence-electron chi connectivity index (χ3n) is 5.01. The van der Waals surface area contributed by atoms with Crippen LogP contribution in [-0.2, 0) is 0 Å². The van der Waals surface area contributed by atoms with Crippen molar-refractivity contribution in [1.29, 1.82) is 0 Å². The predicted octanol–water partition coefficient (Wildman–Crippen LogP) is 2.95. The van der Waals surface area contributed by atoms with Crippen LogP contribution >= 0.6 is 11.6 Å². The smallest absolute Gasteiger partial charge is 0.0426 e. The molecule has 1 aromatic rings. The third-order valence-corrected chi connectivity index (χ3v) is 5.24. The van der Waals surface area contributed by atoms with Gasteiger partial charge < -0.3 is 9.80 Å². The number of piperazine rings is 1. The monoisotopic (exact) mass is 307 g/mol. The molecule has 2 heterocycles. The van der Waals surface area contributed by atoms with Gasteiger partial charge in [-0.15, -0.1) is 0 Å². The van der Waals surface area contributed by atoms with Crippen molar-refractivity contribution in [3.8, 4) is 0 Å². The van der Waals surface area contributed by atoms with Crippen molar-refractivity contribution in [2.45, 2.75) is 25.8 Å². The highest BCUT2D eigenvalue weighted by atomic mass is 35.5. The fraction of sp³-hybridized carbons (Fsp3) is 0.647. The lowest BCUT2D eigenvalue weighted by atomic mass is 10.0. The zero-order valence-electron chi connectivity index (χ0n) is 13.0. The summed E-state index contributed by atoms with van der Waals surface area (Å²) in [7, 11) is 0. The number of hydrogen-bond donors (Lipinski definition) is 0. The maximum Gasteiger partial charge on any atom is 0.0426 e. The zero-order chi connectivity index (χ0) is 14.7. The van der Waals surface area contributed by atoms with Gasteiger partial charge in [0, 0.05) is 42.9 Å². The minimum Gasteiger partial charge on any atom is -0.369 e. The second-order valence-corrected chi connectivity index (χ2v) is 6.60. The molecule has 0 N–H and O–H groups in total. The van der Waals surface area contributed by atoms with Gasteiger partial charge in [0.15, 0.2) is 0 Å². The Hall–Kier alpha value is -0.770. The molecular formula is C17H26ClN3. The van der Waals surface area contributed by atoms with Crippen molar-refractivity contribution in [3.05, 3.63) is 29.3 Å². The highest BCUT2D eigenvalue weighted by Gasteiger charge is 2.26. The number of hydrogen-bond acceptors (Lipinski definition) is 3. The molecule has 0 saturated carbocycles. The molecule has 2 aliphatic heterocycles. The van der Waals surface area contributed by atoms with E-state index in [1.807, 2.05) is 12.1 Å². The Labute approximate surface area is 133 Å². The SMILES string of the molecule is CCN1CCC(N2CCN(c3cccc(Cl)c3)CC2)CC1. The lowest BCUT2D eigenvalue weighted by molar-refractivity contribution is 0.106. The molecule has 2 saturated heterocycles. The van der Waals surface area contributed by atoms with Crippen molar-refractivity contribution in [2.24, 2.45) is 0 Å². The molecule has 4 heteroatoms. The molecule has 0 unspecified atom stereocenters. The van der Waals surface area contributed by atoms with Gasteiger partial charge in [-0.2, -0.15) is 0 Å². The highest BCUT2D eigenvalue weighted by Crippen LogP contribution is 2.23. The summed E-state index contributed by atoms with van der Waals surface area (Å²) < 4.78 is 0. The van der Waals surface area contributed by atoms with Crippen LogP contribution in [0.1, 0.15) is 19.8 Å². The lowest BCUT2D eigenvalue weighted by Crippen LogP contribution is -2.53. The summed E-state index contributed by atoms with van der Waals surface area (Å²) in [6.07, 6.45) is 2.68. The topological polar surface area (TPSA) is 9.72 Å². The fourth-order valence-corrected chi connectivity index (χ4v) is 3.80. The molecule has 0 atom stereocenters. The average Bonchev–Trinajstić information content (AvgIpc) is 2.55. The Kier molecular flexibility index (Phi) is 5.04. The first-order chi connectivity index (χ1) is 10.3. The Morgan fingerprint density at radius 1 is 1.05 bits per heavy atom. The van der Waals surface area contributed by atoms with Crippen molar-refractivity contribution in [2.75, 3.05) is 50.7 Å². The number of nitrogens with zero attached hydrogens (tertiary/aromatic N) is 3. The molecule has 2 fully saturated rings. The van der Waals surface area contributed by atoms with Crippen LogP contribution in [0.3, 0.4) is 0 Å². The Morgan fingerprint density at radius 3 is 2.38 bits per heavy atom. The van der Waals surface area contributed by atoms with E-state index in [0.29, 0.717) is 0 Å². The van der Waals surface area contributed by atoms with E-state index in [1.165, 1.54) is 51.3 Å². The molecule has 1 aromatic carbocycles.